The first kappa shape index (κ1) is 19.5. The molecule has 3 N–H and O–H groups in total. The lowest BCUT2D eigenvalue weighted by Crippen LogP contribution is -2.40. The maximum absolute atomic E-state index is 12.4. The van der Waals surface area contributed by atoms with Gasteiger partial charge in [0.1, 0.15) is 11.4 Å². The number of ether oxygens (including phenoxy) is 1. The van der Waals surface area contributed by atoms with Crippen LogP contribution in [0, 0.1) is 0 Å². The van der Waals surface area contributed by atoms with Crippen molar-refractivity contribution in [2.24, 2.45) is 0 Å². The van der Waals surface area contributed by atoms with Gasteiger partial charge >= 0.3 is 0 Å². The van der Waals surface area contributed by atoms with Gasteiger partial charge in [-0.15, -0.1) is 0 Å². The first-order valence-electron chi connectivity index (χ1n) is 9.09. The van der Waals surface area contributed by atoms with E-state index in [0.717, 1.165) is 11.8 Å². The molecule has 2 aromatic rings. The fourth-order valence-corrected chi connectivity index (χ4v) is 4.48. The Balaban J connectivity index is 1.91. The molecule has 4 rings (SSSR count). The average molecular weight is 419 g/mol. The molecule has 2 aliphatic heterocycles. The number of hydrogen-bond acceptors (Lipinski definition) is 6. The third-order valence-corrected chi connectivity index (χ3v) is 6.36. The lowest BCUT2D eigenvalue weighted by Gasteiger charge is -2.34. The normalized spacial score (nSPS) is 21.3. The quantitative estimate of drug-likeness (QED) is 0.670. The third-order valence-electron chi connectivity index (χ3n) is 5.27. The number of aliphatic hydroxyl groups excluding tert-OH is 1. The van der Waals surface area contributed by atoms with Crippen LogP contribution in [-0.4, -0.2) is 67.8 Å². The number of rotatable bonds is 4. The number of hydrogen-bond donors (Lipinski definition) is 3. The molecular weight excluding hydrogens is 398 g/mol. The topological polar surface area (TPSA) is 129 Å². The predicted octanol–water partition coefficient (Wildman–Crippen LogP) is 0.718. The van der Waals surface area contributed by atoms with Gasteiger partial charge in [0.15, 0.2) is 15.9 Å². The second kappa shape index (κ2) is 6.89. The zero-order valence-corrected chi connectivity index (χ0v) is 16.7. The average Bonchev–Trinajstić information content (AvgIpc) is 3.14. The summed E-state index contributed by atoms with van der Waals surface area (Å²) in [6, 6.07) is 4.70. The van der Waals surface area contributed by atoms with Gasteiger partial charge in [0, 0.05) is 50.6 Å². The van der Waals surface area contributed by atoms with E-state index in [1.165, 1.54) is 12.1 Å². The Morgan fingerprint density at radius 2 is 2.03 bits per heavy atom. The van der Waals surface area contributed by atoms with Crippen LogP contribution >= 0.6 is 0 Å². The summed E-state index contributed by atoms with van der Waals surface area (Å²) in [7, 11) is -1.89. The zero-order valence-electron chi connectivity index (χ0n) is 15.9. The van der Waals surface area contributed by atoms with Gasteiger partial charge in [0.2, 0.25) is 0 Å². The van der Waals surface area contributed by atoms with Crippen molar-refractivity contribution >= 4 is 27.3 Å². The summed E-state index contributed by atoms with van der Waals surface area (Å²) in [5.74, 6) is -0.585. The van der Waals surface area contributed by atoms with Gasteiger partial charge in [-0.25, -0.2) is 8.42 Å². The van der Waals surface area contributed by atoms with Crippen molar-refractivity contribution in [2.45, 2.75) is 23.3 Å². The molecule has 0 radical (unpaired) electrons. The van der Waals surface area contributed by atoms with E-state index in [1.807, 2.05) is 0 Å². The van der Waals surface area contributed by atoms with Crippen molar-refractivity contribution in [3.8, 4) is 5.75 Å². The number of benzene rings is 1. The van der Waals surface area contributed by atoms with Gasteiger partial charge < -0.3 is 25.0 Å². The molecule has 2 aliphatic rings. The molecule has 0 saturated carbocycles. The van der Waals surface area contributed by atoms with E-state index in [-0.39, 0.29) is 35.4 Å². The van der Waals surface area contributed by atoms with Crippen LogP contribution in [0.4, 0.5) is 5.69 Å². The number of fused-ring (bicyclic) bond motifs is 2. The molecule has 2 unspecified atom stereocenters. The summed E-state index contributed by atoms with van der Waals surface area (Å²) in [6.45, 7) is 0.0954. The van der Waals surface area contributed by atoms with E-state index in [1.54, 1.807) is 24.2 Å². The number of nitrogens with zero attached hydrogens (tertiary/aromatic N) is 1. The Morgan fingerprint density at radius 3 is 2.72 bits per heavy atom. The summed E-state index contributed by atoms with van der Waals surface area (Å²) < 4.78 is 30.4. The molecule has 29 heavy (non-hydrogen) atoms. The van der Waals surface area contributed by atoms with Crippen LogP contribution in [0.15, 0.2) is 29.3 Å². The van der Waals surface area contributed by atoms with E-state index in [4.69, 9.17) is 4.74 Å². The van der Waals surface area contributed by atoms with Gasteiger partial charge in [-0.1, -0.05) is 0 Å². The number of carbonyl (C=O) groups is 2. The summed E-state index contributed by atoms with van der Waals surface area (Å²) in [5, 5.41) is 11.9. The molecule has 10 heteroatoms. The highest BCUT2D eigenvalue weighted by atomic mass is 32.2. The highest BCUT2D eigenvalue weighted by molar-refractivity contribution is 7.90. The van der Waals surface area contributed by atoms with Crippen molar-refractivity contribution in [3.05, 3.63) is 41.2 Å². The molecule has 2 amide bonds. The van der Waals surface area contributed by atoms with Gasteiger partial charge in [0.25, 0.3) is 11.8 Å². The number of H-pyrrole nitrogens is 1. The van der Waals surface area contributed by atoms with E-state index < -0.39 is 21.8 Å². The molecule has 2 atom stereocenters. The molecule has 0 fully saturated rings. The lowest BCUT2D eigenvalue weighted by atomic mass is 9.86. The van der Waals surface area contributed by atoms with Crippen LogP contribution in [-0.2, 0) is 14.6 Å². The summed E-state index contributed by atoms with van der Waals surface area (Å²) in [5.41, 5.74) is 2.00. The minimum Gasteiger partial charge on any atom is -0.478 e. The van der Waals surface area contributed by atoms with Crippen LogP contribution in [0.5, 0.6) is 5.75 Å². The number of aromatic nitrogens is 1. The molecule has 1 aromatic carbocycles. The molecule has 1 aromatic heterocycles. The maximum Gasteiger partial charge on any atom is 0.270 e. The molecule has 9 nitrogen and oxygen atoms in total. The summed E-state index contributed by atoms with van der Waals surface area (Å²) in [6.07, 6.45) is 1.98. The van der Waals surface area contributed by atoms with Gasteiger partial charge in [-0.3, -0.25) is 9.59 Å². The number of aliphatic hydroxyl groups is 1. The van der Waals surface area contributed by atoms with Crippen molar-refractivity contribution in [1.82, 2.24) is 9.88 Å². The van der Waals surface area contributed by atoms with Gasteiger partial charge in [0.05, 0.1) is 10.6 Å². The summed E-state index contributed by atoms with van der Waals surface area (Å²) in [4.78, 5) is 29.3. The molecule has 0 spiro atoms. The number of amides is 2. The van der Waals surface area contributed by atoms with Crippen molar-refractivity contribution in [1.29, 1.82) is 0 Å². The van der Waals surface area contributed by atoms with Crippen molar-refractivity contribution in [3.63, 3.8) is 0 Å². The van der Waals surface area contributed by atoms with Crippen LogP contribution in [0.25, 0.3) is 0 Å². The number of aromatic amines is 1. The Morgan fingerprint density at radius 1 is 1.28 bits per heavy atom. The van der Waals surface area contributed by atoms with E-state index in [0.29, 0.717) is 23.6 Å². The lowest BCUT2D eigenvalue weighted by molar-refractivity contribution is -0.124. The molecule has 154 valence electrons. The first-order valence-corrected chi connectivity index (χ1v) is 11.0. The van der Waals surface area contributed by atoms with Gasteiger partial charge in [-0.2, -0.15) is 0 Å². The third kappa shape index (κ3) is 3.28. The molecular formula is C19H21N3O6S. The summed E-state index contributed by atoms with van der Waals surface area (Å²) >= 11 is 0. The fraction of sp³-hybridized carbons (Fsp3) is 0.368. The molecule has 0 bridgehead atoms. The Bertz CT molecular complexity index is 1110. The zero-order chi connectivity index (χ0) is 20.9. The highest BCUT2D eigenvalue weighted by Gasteiger charge is 2.37. The number of anilines is 1. The number of likely N-dealkylation sites (N-methyl/N-ethyl adjacent to an activating group) is 1. The Hall–Kier alpha value is -2.85. The molecule has 3 heterocycles. The van der Waals surface area contributed by atoms with Crippen LogP contribution < -0.4 is 10.1 Å². The van der Waals surface area contributed by atoms with E-state index in [2.05, 4.69) is 10.3 Å². The molecule has 0 aliphatic carbocycles. The maximum atomic E-state index is 12.4. The van der Waals surface area contributed by atoms with E-state index in [9.17, 15) is 23.1 Å². The largest absolute Gasteiger partial charge is 0.478 e. The Kier molecular flexibility index (Phi) is 4.62. The smallest absolute Gasteiger partial charge is 0.270 e. The number of sulfone groups is 1. The highest BCUT2D eigenvalue weighted by Crippen LogP contribution is 2.44. The first-order chi connectivity index (χ1) is 13.7. The standard InChI is InChI=1S/C19H21N3O6S/c1-22-9-13(11-3-5-20-16(11)19(22)25)12-7-10(29(2,26)27)8-14-17(12)28-15(4-6-23)18(24)21-14/h3,5,7-8,13,15,20,23H,4,6,9H2,1-2H3,(H,21,24). The van der Waals surface area contributed by atoms with Crippen LogP contribution in [0.3, 0.4) is 0 Å². The fourth-order valence-electron chi connectivity index (χ4n) is 3.81. The second-order valence-corrected chi connectivity index (χ2v) is 9.33. The van der Waals surface area contributed by atoms with Crippen molar-refractivity contribution < 1.29 is 27.9 Å². The molecule has 0 saturated heterocycles. The van der Waals surface area contributed by atoms with Crippen molar-refractivity contribution in [2.75, 3.05) is 31.8 Å². The number of carbonyl (C=O) groups excluding carboxylic acids is 2. The minimum absolute atomic E-state index is 0.0485. The van der Waals surface area contributed by atoms with Gasteiger partial charge in [-0.05, 0) is 23.8 Å². The van der Waals surface area contributed by atoms with Crippen LogP contribution in [0.1, 0.15) is 34.0 Å². The number of nitrogens with one attached hydrogen (secondary N) is 2. The monoisotopic (exact) mass is 419 g/mol. The van der Waals surface area contributed by atoms with Crippen LogP contribution in [0.2, 0.25) is 0 Å². The Labute approximate surface area is 167 Å². The SMILES string of the molecule is CN1CC(c2cc(S(C)(=O)=O)cc3c2OC(CCO)C(=O)N3)c2cc[nH]c2C1=O. The predicted molar refractivity (Wildman–Crippen MR) is 104 cm³/mol. The minimum atomic E-state index is -3.56. The second-order valence-electron chi connectivity index (χ2n) is 7.32. The van der Waals surface area contributed by atoms with E-state index >= 15 is 0 Å².